The van der Waals surface area contributed by atoms with E-state index in [2.05, 4.69) is 15.7 Å². The smallest absolute Gasteiger partial charge is 0.246 e. The van der Waals surface area contributed by atoms with E-state index < -0.39 is 6.04 Å². The number of ether oxygens (including phenoxy) is 1. The third kappa shape index (κ3) is 5.56. The number of anilines is 1. The summed E-state index contributed by atoms with van der Waals surface area (Å²) in [6.45, 7) is 1.41. The van der Waals surface area contributed by atoms with Crippen molar-refractivity contribution in [1.29, 1.82) is 0 Å². The molecule has 136 valence electrons. The number of amides is 1. The van der Waals surface area contributed by atoms with Gasteiger partial charge in [0.25, 0.3) is 0 Å². The lowest BCUT2D eigenvalue weighted by molar-refractivity contribution is -0.118. The molecular formula is C18H25ClN4O2. The molecule has 2 N–H and O–H groups in total. The Hall–Kier alpha value is -1.89. The summed E-state index contributed by atoms with van der Waals surface area (Å²) in [6, 6.07) is 7.36. The van der Waals surface area contributed by atoms with Crippen LogP contribution in [-0.2, 0) is 23.2 Å². The molecule has 1 aromatic carbocycles. The van der Waals surface area contributed by atoms with Gasteiger partial charge in [-0.1, -0.05) is 12.1 Å². The predicted molar refractivity (Wildman–Crippen MR) is 99.7 cm³/mol. The van der Waals surface area contributed by atoms with Crippen LogP contribution >= 0.6 is 12.4 Å². The fourth-order valence-corrected chi connectivity index (χ4v) is 2.62. The number of hydrogen-bond acceptors (Lipinski definition) is 4. The van der Waals surface area contributed by atoms with Crippen LogP contribution in [0.4, 0.5) is 5.69 Å². The molecule has 25 heavy (non-hydrogen) atoms. The van der Waals surface area contributed by atoms with E-state index in [9.17, 15) is 4.79 Å². The average Bonchev–Trinajstić information content (AvgIpc) is 3.29. The van der Waals surface area contributed by atoms with Gasteiger partial charge in [-0.15, -0.1) is 12.4 Å². The Morgan fingerprint density at radius 1 is 1.44 bits per heavy atom. The molecule has 1 aliphatic carbocycles. The highest BCUT2D eigenvalue weighted by atomic mass is 35.5. The second-order valence-electron chi connectivity index (χ2n) is 6.32. The zero-order valence-corrected chi connectivity index (χ0v) is 15.4. The Labute approximate surface area is 154 Å². The van der Waals surface area contributed by atoms with E-state index in [0.717, 1.165) is 29.3 Å². The maximum atomic E-state index is 12.5. The molecule has 0 bridgehead atoms. The molecule has 0 saturated heterocycles. The average molecular weight is 365 g/mol. The molecule has 1 fully saturated rings. The largest absolute Gasteiger partial charge is 0.376 e. The standard InChI is InChI=1S/C18H24N4O2.ClH/c1-19-17(15-9-20-22(2)10-15)18(23)21-16-5-3-4-14(8-16)12-24-11-13-6-7-13;/h3-5,8-10,13,17,19H,6-7,11-12H2,1-2H3,(H,21,23);1H. The molecule has 1 aromatic heterocycles. The van der Waals surface area contributed by atoms with Crippen molar-refractivity contribution < 1.29 is 9.53 Å². The molecule has 1 heterocycles. The van der Waals surface area contributed by atoms with Crippen LogP contribution in [0.2, 0.25) is 0 Å². The summed E-state index contributed by atoms with van der Waals surface area (Å²) in [5.41, 5.74) is 2.67. The SMILES string of the molecule is CNC(C(=O)Nc1cccc(COCC2CC2)c1)c1cnn(C)c1.Cl. The zero-order valence-electron chi connectivity index (χ0n) is 14.6. The third-order valence-corrected chi connectivity index (χ3v) is 4.12. The minimum Gasteiger partial charge on any atom is -0.376 e. The maximum Gasteiger partial charge on any atom is 0.246 e. The zero-order chi connectivity index (χ0) is 16.9. The molecule has 0 spiro atoms. The molecule has 1 saturated carbocycles. The number of rotatable bonds is 8. The van der Waals surface area contributed by atoms with Gasteiger partial charge in [0.05, 0.1) is 12.8 Å². The lowest BCUT2D eigenvalue weighted by Crippen LogP contribution is -2.30. The van der Waals surface area contributed by atoms with Gasteiger partial charge in [0.1, 0.15) is 6.04 Å². The van der Waals surface area contributed by atoms with E-state index in [1.54, 1.807) is 17.9 Å². The summed E-state index contributed by atoms with van der Waals surface area (Å²) < 4.78 is 7.39. The monoisotopic (exact) mass is 364 g/mol. The van der Waals surface area contributed by atoms with Crippen LogP contribution in [0, 0.1) is 5.92 Å². The van der Waals surface area contributed by atoms with Crippen molar-refractivity contribution in [3.05, 3.63) is 47.8 Å². The fourth-order valence-electron chi connectivity index (χ4n) is 2.62. The quantitative estimate of drug-likeness (QED) is 0.755. The van der Waals surface area contributed by atoms with Crippen LogP contribution in [0.25, 0.3) is 0 Å². The number of aromatic nitrogens is 2. The molecule has 0 radical (unpaired) electrons. The van der Waals surface area contributed by atoms with Gasteiger partial charge in [-0.2, -0.15) is 5.10 Å². The van der Waals surface area contributed by atoms with Crippen molar-refractivity contribution in [1.82, 2.24) is 15.1 Å². The highest BCUT2D eigenvalue weighted by Crippen LogP contribution is 2.29. The summed E-state index contributed by atoms with van der Waals surface area (Å²) in [6.07, 6.45) is 6.11. The van der Waals surface area contributed by atoms with Crippen molar-refractivity contribution in [2.75, 3.05) is 19.0 Å². The van der Waals surface area contributed by atoms with E-state index in [1.165, 1.54) is 12.8 Å². The third-order valence-electron chi connectivity index (χ3n) is 4.12. The van der Waals surface area contributed by atoms with Gasteiger partial charge in [-0.25, -0.2) is 0 Å². The van der Waals surface area contributed by atoms with Gasteiger partial charge in [-0.3, -0.25) is 9.48 Å². The molecule has 1 amide bonds. The van der Waals surface area contributed by atoms with Crippen LogP contribution < -0.4 is 10.6 Å². The number of hydrogen-bond donors (Lipinski definition) is 2. The number of nitrogens with one attached hydrogen (secondary N) is 2. The Morgan fingerprint density at radius 3 is 2.88 bits per heavy atom. The van der Waals surface area contributed by atoms with Crippen molar-refractivity contribution in [3.8, 4) is 0 Å². The predicted octanol–water partition coefficient (Wildman–Crippen LogP) is 2.67. The highest BCUT2D eigenvalue weighted by molar-refractivity contribution is 5.95. The summed E-state index contributed by atoms with van der Waals surface area (Å²) >= 11 is 0. The van der Waals surface area contributed by atoms with Gasteiger partial charge < -0.3 is 15.4 Å². The number of halogens is 1. The van der Waals surface area contributed by atoms with E-state index in [-0.39, 0.29) is 18.3 Å². The van der Waals surface area contributed by atoms with Crippen molar-refractivity contribution in [2.24, 2.45) is 13.0 Å². The van der Waals surface area contributed by atoms with Gasteiger partial charge in [0.2, 0.25) is 5.91 Å². The Balaban J connectivity index is 0.00000225. The van der Waals surface area contributed by atoms with Gasteiger partial charge in [0, 0.05) is 31.1 Å². The number of likely N-dealkylation sites (N-methyl/N-ethyl adjacent to an activating group) is 1. The summed E-state index contributed by atoms with van der Waals surface area (Å²) in [4.78, 5) is 12.5. The highest BCUT2D eigenvalue weighted by Gasteiger charge is 2.21. The van der Waals surface area contributed by atoms with Crippen LogP contribution in [0.1, 0.15) is 30.0 Å². The summed E-state index contributed by atoms with van der Waals surface area (Å²) in [5, 5.41) is 10.1. The van der Waals surface area contributed by atoms with Crippen LogP contribution in [-0.4, -0.2) is 29.3 Å². The van der Waals surface area contributed by atoms with Crippen LogP contribution in [0.5, 0.6) is 0 Å². The number of carbonyl (C=O) groups excluding carboxylic acids is 1. The topological polar surface area (TPSA) is 68.2 Å². The first-order valence-electron chi connectivity index (χ1n) is 8.29. The molecule has 2 aromatic rings. The first-order valence-corrected chi connectivity index (χ1v) is 8.29. The number of aryl methyl sites for hydroxylation is 1. The van der Waals surface area contributed by atoms with E-state index in [1.807, 2.05) is 37.5 Å². The molecule has 3 rings (SSSR count). The lowest BCUT2D eigenvalue weighted by atomic mass is 10.1. The van der Waals surface area contributed by atoms with E-state index in [4.69, 9.17) is 4.74 Å². The van der Waals surface area contributed by atoms with Crippen LogP contribution in [0.15, 0.2) is 36.7 Å². The molecule has 1 unspecified atom stereocenters. The summed E-state index contributed by atoms with van der Waals surface area (Å²) in [7, 11) is 3.60. The minimum absolute atomic E-state index is 0. The van der Waals surface area contributed by atoms with Crippen LogP contribution in [0.3, 0.4) is 0 Å². The number of nitrogens with zero attached hydrogens (tertiary/aromatic N) is 2. The number of benzene rings is 1. The molecule has 1 aliphatic rings. The first-order chi connectivity index (χ1) is 11.7. The molecule has 6 nitrogen and oxygen atoms in total. The fraction of sp³-hybridized carbons (Fsp3) is 0.444. The second kappa shape index (κ2) is 8.99. The molecule has 0 aliphatic heterocycles. The lowest BCUT2D eigenvalue weighted by Gasteiger charge is -2.15. The molecular weight excluding hydrogens is 340 g/mol. The Bertz CT molecular complexity index is 700. The number of carbonyl (C=O) groups is 1. The first kappa shape index (κ1) is 19.4. The van der Waals surface area contributed by atoms with Crippen molar-refractivity contribution in [2.45, 2.75) is 25.5 Å². The maximum absolute atomic E-state index is 12.5. The van der Waals surface area contributed by atoms with Gasteiger partial charge in [0.15, 0.2) is 0 Å². The Morgan fingerprint density at radius 2 is 2.24 bits per heavy atom. The normalized spacial score (nSPS) is 14.6. The molecule has 1 atom stereocenters. The Kier molecular flexibility index (Phi) is 6.99. The van der Waals surface area contributed by atoms with Crippen molar-refractivity contribution >= 4 is 24.0 Å². The van der Waals surface area contributed by atoms with Crippen molar-refractivity contribution in [3.63, 3.8) is 0 Å². The minimum atomic E-state index is -0.437. The summed E-state index contributed by atoms with van der Waals surface area (Å²) in [5.74, 6) is 0.644. The molecule has 7 heteroatoms. The van der Waals surface area contributed by atoms with Gasteiger partial charge >= 0.3 is 0 Å². The van der Waals surface area contributed by atoms with E-state index >= 15 is 0 Å². The second-order valence-corrected chi connectivity index (χ2v) is 6.32. The van der Waals surface area contributed by atoms with Gasteiger partial charge in [-0.05, 0) is 43.5 Å². The van der Waals surface area contributed by atoms with E-state index in [0.29, 0.717) is 6.61 Å².